The Morgan fingerprint density at radius 2 is 1.00 bits per heavy atom. The molecule has 2 saturated heterocycles. The molecule has 4 nitrogen and oxygen atoms in total. The van der Waals surface area contributed by atoms with Crippen molar-refractivity contribution in [3.05, 3.63) is 60.7 Å². The van der Waals surface area contributed by atoms with Crippen molar-refractivity contribution in [2.75, 3.05) is 0 Å². The molecule has 2 heterocycles. The molecule has 5 rings (SSSR count). The SMILES string of the molecule is c1ccc(B2O[C@H]3[C@@H]4OB(c5ccccc5)O[C@@H]4CC[C@H]3O2)cc1. The van der Waals surface area contributed by atoms with E-state index in [1.807, 2.05) is 60.7 Å². The highest BCUT2D eigenvalue weighted by atomic mass is 16.7. The van der Waals surface area contributed by atoms with Crippen LogP contribution in [0.5, 0.6) is 0 Å². The van der Waals surface area contributed by atoms with E-state index in [1.54, 1.807) is 0 Å². The molecule has 0 radical (unpaired) electrons. The van der Waals surface area contributed by atoms with Gasteiger partial charge >= 0.3 is 14.2 Å². The van der Waals surface area contributed by atoms with E-state index < -0.39 is 0 Å². The molecule has 0 spiro atoms. The van der Waals surface area contributed by atoms with Crippen molar-refractivity contribution in [2.45, 2.75) is 37.3 Å². The molecule has 2 aromatic rings. The van der Waals surface area contributed by atoms with Gasteiger partial charge in [0.2, 0.25) is 0 Å². The Bertz CT molecular complexity index is 637. The lowest BCUT2D eigenvalue weighted by Gasteiger charge is -2.33. The summed E-state index contributed by atoms with van der Waals surface area (Å²) in [6, 6.07) is 20.2. The topological polar surface area (TPSA) is 36.9 Å². The highest BCUT2D eigenvalue weighted by Gasteiger charge is 2.55. The first-order valence-electron chi connectivity index (χ1n) is 8.60. The fourth-order valence-electron chi connectivity index (χ4n) is 3.90. The van der Waals surface area contributed by atoms with Gasteiger partial charge in [0, 0.05) is 0 Å². The molecule has 3 fully saturated rings. The van der Waals surface area contributed by atoms with Crippen molar-refractivity contribution in [2.24, 2.45) is 0 Å². The van der Waals surface area contributed by atoms with E-state index in [2.05, 4.69) is 0 Å². The molecule has 1 saturated carbocycles. The summed E-state index contributed by atoms with van der Waals surface area (Å²) >= 11 is 0. The molecule has 2 aromatic carbocycles. The lowest BCUT2D eigenvalue weighted by molar-refractivity contribution is -0.0194. The number of fused-ring (bicyclic) bond motifs is 3. The van der Waals surface area contributed by atoms with Gasteiger partial charge in [0.1, 0.15) is 0 Å². The molecular formula is C18H18B2O4. The maximum atomic E-state index is 6.22. The lowest BCUT2D eigenvalue weighted by Crippen LogP contribution is -2.46. The van der Waals surface area contributed by atoms with Crippen LogP contribution in [-0.2, 0) is 18.6 Å². The molecule has 0 amide bonds. The largest absolute Gasteiger partial charge is 0.494 e. The number of hydrogen-bond acceptors (Lipinski definition) is 4. The second kappa shape index (κ2) is 6.05. The third-order valence-electron chi connectivity index (χ3n) is 5.09. The van der Waals surface area contributed by atoms with Gasteiger partial charge in [-0.1, -0.05) is 60.7 Å². The molecule has 0 bridgehead atoms. The number of benzene rings is 2. The molecule has 4 atom stereocenters. The van der Waals surface area contributed by atoms with E-state index >= 15 is 0 Å². The minimum atomic E-state index is -0.306. The monoisotopic (exact) mass is 320 g/mol. The summed E-state index contributed by atoms with van der Waals surface area (Å²) in [7, 11) is -0.612. The van der Waals surface area contributed by atoms with Gasteiger partial charge in [-0.2, -0.15) is 0 Å². The molecule has 0 aromatic heterocycles. The molecule has 6 heteroatoms. The van der Waals surface area contributed by atoms with Gasteiger partial charge in [0.25, 0.3) is 0 Å². The van der Waals surface area contributed by atoms with Gasteiger partial charge in [0.05, 0.1) is 24.4 Å². The molecule has 0 N–H and O–H groups in total. The fraction of sp³-hybridized carbons (Fsp3) is 0.333. The van der Waals surface area contributed by atoms with Gasteiger partial charge in [-0.3, -0.25) is 0 Å². The van der Waals surface area contributed by atoms with Crippen molar-refractivity contribution >= 4 is 25.2 Å². The van der Waals surface area contributed by atoms with Crippen molar-refractivity contribution in [1.82, 2.24) is 0 Å². The predicted octanol–water partition coefficient (Wildman–Crippen LogP) is 1.14. The highest BCUT2D eigenvalue weighted by molar-refractivity contribution is 6.62. The van der Waals surface area contributed by atoms with E-state index in [1.165, 1.54) is 0 Å². The van der Waals surface area contributed by atoms with Crippen molar-refractivity contribution in [1.29, 1.82) is 0 Å². The van der Waals surface area contributed by atoms with Crippen molar-refractivity contribution in [3.8, 4) is 0 Å². The van der Waals surface area contributed by atoms with E-state index in [0.29, 0.717) is 0 Å². The summed E-state index contributed by atoms with van der Waals surface area (Å²) in [6.07, 6.45) is 1.91. The second-order valence-electron chi connectivity index (χ2n) is 6.61. The van der Waals surface area contributed by atoms with E-state index in [-0.39, 0.29) is 38.7 Å². The van der Waals surface area contributed by atoms with E-state index in [4.69, 9.17) is 18.6 Å². The van der Waals surface area contributed by atoms with Crippen LogP contribution < -0.4 is 10.9 Å². The number of rotatable bonds is 2. The van der Waals surface area contributed by atoms with E-state index in [9.17, 15) is 0 Å². The average molecular weight is 320 g/mol. The Balaban J connectivity index is 1.35. The summed E-state index contributed by atoms with van der Waals surface area (Å²) < 4.78 is 24.7. The minimum absolute atomic E-state index is 0.0670. The van der Waals surface area contributed by atoms with Gasteiger partial charge in [-0.25, -0.2) is 0 Å². The quantitative estimate of drug-likeness (QED) is 0.778. The van der Waals surface area contributed by atoms with Crippen molar-refractivity contribution < 1.29 is 18.6 Å². The Morgan fingerprint density at radius 1 is 0.583 bits per heavy atom. The number of hydrogen-bond donors (Lipinski definition) is 0. The smallest absolute Gasteiger partial charge is 0.402 e. The molecular weight excluding hydrogens is 302 g/mol. The molecule has 3 aliphatic rings. The van der Waals surface area contributed by atoms with Crippen LogP contribution in [0.25, 0.3) is 0 Å². The standard InChI is InChI=1S/C18H18B2O4/c1-3-7-13(8-4-1)19-21-15-11-12-16-18(17(15)23-19)24-20(22-16)14-9-5-2-6-10-14/h1-10,15-18H,11-12H2/t15-,16-,17-,18-/m1/s1. The zero-order valence-corrected chi connectivity index (χ0v) is 13.3. The molecule has 1 aliphatic carbocycles. The van der Waals surface area contributed by atoms with Gasteiger partial charge in [0.15, 0.2) is 0 Å². The van der Waals surface area contributed by atoms with Crippen LogP contribution in [0.1, 0.15) is 12.8 Å². The summed E-state index contributed by atoms with van der Waals surface area (Å²) in [6.45, 7) is 0. The zero-order chi connectivity index (χ0) is 15.9. The van der Waals surface area contributed by atoms with Crippen LogP contribution in [-0.4, -0.2) is 38.7 Å². The Labute approximate surface area is 142 Å². The Morgan fingerprint density at radius 3 is 1.42 bits per heavy atom. The highest BCUT2D eigenvalue weighted by Crippen LogP contribution is 2.37. The van der Waals surface area contributed by atoms with Gasteiger partial charge in [-0.15, -0.1) is 0 Å². The summed E-state index contributed by atoms with van der Waals surface area (Å²) in [5.74, 6) is 0. The van der Waals surface area contributed by atoms with Crippen LogP contribution in [0.2, 0.25) is 0 Å². The maximum Gasteiger partial charge on any atom is 0.494 e. The minimum Gasteiger partial charge on any atom is -0.402 e. The summed E-state index contributed by atoms with van der Waals surface area (Å²) in [4.78, 5) is 0. The molecule has 0 unspecified atom stereocenters. The normalized spacial score (nSPS) is 31.8. The van der Waals surface area contributed by atoms with E-state index in [0.717, 1.165) is 23.8 Å². The predicted molar refractivity (Wildman–Crippen MR) is 92.4 cm³/mol. The molecule has 24 heavy (non-hydrogen) atoms. The molecule has 2 aliphatic heterocycles. The summed E-state index contributed by atoms with van der Waals surface area (Å²) in [5, 5.41) is 0. The van der Waals surface area contributed by atoms with Crippen LogP contribution >= 0.6 is 0 Å². The van der Waals surface area contributed by atoms with Crippen molar-refractivity contribution in [3.63, 3.8) is 0 Å². The molecule has 120 valence electrons. The van der Waals surface area contributed by atoms with Crippen LogP contribution in [0, 0.1) is 0 Å². The van der Waals surface area contributed by atoms with Gasteiger partial charge in [-0.05, 0) is 23.8 Å². The zero-order valence-electron chi connectivity index (χ0n) is 13.3. The fourth-order valence-corrected chi connectivity index (χ4v) is 3.90. The second-order valence-corrected chi connectivity index (χ2v) is 6.61. The van der Waals surface area contributed by atoms with Crippen LogP contribution in [0.3, 0.4) is 0 Å². The van der Waals surface area contributed by atoms with Crippen LogP contribution in [0.4, 0.5) is 0 Å². The maximum absolute atomic E-state index is 6.22. The first kappa shape index (κ1) is 14.7. The first-order valence-corrected chi connectivity index (χ1v) is 8.60. The summed E-state index contributed by atoms with van der Waals surface area (Å²) in [5.41, 5.74) is 2.11. The Hall–Kier alpha value is -1.59. The third-order valence-corrected chi connectivity index (χ3v) is 5.09. The lowest BCUT2D eigenvalue weighted by atomic mass is 9.79. The Kier molecular flexibility index (Phi) is 3.71. The average Bonchev–Trinajstić information content (AvgIpc) is 3.27. The third kappa shape index (κ3) is 2.50. The first-order chi connectivity index (χ1) is 11.9. The van der Waals surface area contributed by atoms with Crippen LogP contribution in [0.15, 0.2) is 60.7 Å². The van der Waals surface area contributed by atoms with Gasteiger partial charge < -0.3 is 18.6 Å².